The summed E-state index contributed by atoms with van der Waals surface area (Å²) in [5.41, 5.74) is 4.12. The molecule has 1 aliphatic rings. The van der Waals surface area contributed by atoms with Crippen molar-refractivity contribution in [2.24, 2.45) is 0 Å². The Bertz CT molecular complexity index is 1330. The zero-order chi connectivity index (χ0) is 27.8. The number of carbonyl (C=O) groups excluding carboxylic acids is 3. The summed E-state index contributed by atoms with van der Waals surface area (Å²) in [7, 11) is 0. The Morgan fingerprint density at radius 3 is 2.64 bits per heavy atom. The minimum absolute atomic E-state index is 0.155. The minimum Gasteiger partial charge on any atom is -0.493 e. The number of amides is 4. The van der Waals surface area contributed by atoms with Crippen LogP contribution in [0.5, 0.6) is 5.75 Å². The number of hydroxylamine groups is 1. The zero-order valence-electron chi connectivity index (χ0n) is 22.3. The Morgan fingerprint density at radius 2 is 1.90 bits per heavy atom. The molecule has 1 unspecified atom stereocenters. The van der Waals surface area contributed by atoms with Crippen molar-refractivity contribution < 1.29 is 24.3 Å². The van der Waals surface area contributed by atoms with Crippen LogP contribution in [0.1, 0.15) is 47.8 Å². The van der Waals surface area contributed by atoms with Gasteiger partial charge in [0.05, 0.1) is 24.1 Å². The van der Waals surface area contributed by atoms with E-state index in [1.54, 1.807) is 34.6 Å². The molecule has 0 saturated carbocycles. The molecular formula is C29H35N5O5. The summed E-state index contributed by atoms with van der Waals surface area (Å²) in [6.07, 6.45) is 1.65. The monoisotopic (exact) mass is 533 g/mol. The van der Waals surface area contributed by atoms with Crippen LogP contribution in [0.3, 0.4) is 0 Å². The predicted molar refractivity (Wildman–Crippen MR) is 147 cm³/mol. The van der Waals surface area contributed by atoms with Crippen LogP contribution in [0.4, 0.5) is 4.79 Å². The fourth-order valence-corrected chi connectivity index (χ4v) is 5.10. The number of fused-ring (bicyclic) bond motifs is 1. The summed E-state index contributed by atoms with van der Waals surface area (Å²) in [4.78, 5) is 43.9. The van der Waals surface area contributed by atoms with E-state index in [9.17, 15) is 14.4 Å². The van der Waals surface area contributed by atoms with Crippen LogP contribution >= 0.6 is 0 Å². The van der Waals surface area contributed by atoms with Gasteiger partial charge in [0.15, 0.2) is 0 Å². The molecule has 2 aromatic carbocycles. The Morgan fingerprint density at radius 1 is 1.13 bits per heavy atom. The van der Waals surface area contributed by atoms with Gasteiger partial charge in [-0.25, -0.2) is 10.3 Å². The summed E-state index contributed by atoms with van der Waals surface area (Å²) in [5.74, 6) is -0.367. The molecule has 0 bridgehead atoms. The fourth-order valence-electron chi connectivity index (χ4n) is 5.10. The number of nitrogens with zero attached hydrogens (tertiary/aromatic N) is 2. The maximum atomic E-state index is 13.2. The quantitative estimate of drug-likeness (QED) is 0.246. The van der Waals surface area contributed by atoms with Gasteiger partial charge in [-0.05, 0) is 68.7 Å². The number of benzene rings is 2. The van der Waals surface area contributed by atoms with Gasteiger partial charge in [0.25, 0.3) is 5.91 Å². The number of ether oxygens (including phenoxy) is 1. The molecule has 2 heterocycles. The molecule has 1 aliphatic heterocycles. The SMILES string of the molecule is CCNC(=O)N1CCCC(CC(=O)NO)(NC(=O)c2ccc(OCCc3cc(C)nc4ccccc34)cc2)C1. The summed E-state index contributed by atoms with van der Waals surface area (Å²) in [5, 5.41) is 15.9. The standard InChI is InChI=1S/C29H35N5O5/c1-3-30-28(37)34-15-6-14-29(19-34,18-26(35)33-38)32-27(36)21-9-11-23(12-10-21)39-16-13-22-17-20(2)31-25-8-5-4-7-24(22)25/h4-5,7-12,17,38H,3,6,13-16,18-19H2,1-2H3,(H,30,37)(H,32,36)(H,33,35). The maximum Gasteiger partial charge on any atom is 0.317 e. The topological polar surface area (TPSA) is 133 Å². The highest BCUT2D eigenvalue weighted by Gasteiger charge is 2.40. The number of rotatable bonds is 9. The lowest BCUT2D eigenvalue weighted by Crippen LogP contribution is -2.62. The van der Waals surface area contributed by atoms with Gasteiger partial charge in [-0.2, -0.15) is 0 Å². The number of nitrogens with one attached hydrogen (secondary N) is 3. The maximum absolute atomic E-state index is 13.2. The summed E-state index contributed by atoms with van der Waals surface area (Å²) in [6.45, 7) is 5.41. The number of para-hydroxylation sites is 1. The van der Waals surface area contributed by atoms with E-state index in [0.29, 0.717) is 50.3 Å². The number of aromatic nitrogens is 1. The van der Waals surface area contributed by atoms with E-state index in [-0.39, 0.29) is 24.9 Å². The van der Waals surface area contributed by atoms with Gasteiger partial charge >= 0.3 is 6.03 Å². The molecule has 4 amide bonds. The van der Waals surface area contributed by atoms with Crippen molar-refractivity contribution >= 4 is 28.7 Å². The number of hydrogen-bond acceptors (Lipinski definition) is 6. The van der Waals surface area contributed by atoms with Gasteiger partial charge in [-0.1, -0.05) is 18.2 Å². The first-order valence-corrected chi connectivity index (χ1v) is 13.2. The molecule has 4 rings (SSSR count). The molecule has 10 nitrogen and oxygen atoms in total. The molecule has 0 radical (unpaired) electrons. The molecule has 0 spiro atoms. The molecule has 3 aromatic rings. The van der Waals surface area contributed by atoms with Gasteiger partial charge < -0.3 is 20.3 Å². The predicted octanol–water partition coefficient (Wildman–Crippen LogP) is 3.35. The van der Waals surface area contributed by atoms with E-state index >= 15 is 0 Å². The Hall–Kier alpha value is -4.18. The minimum atomic E-state index is -1.01. The molecule has 1 aromatic heterocycles. The van der Waals surface area contributed by atoms with Crippen LogP contribution in [0.2, 0.25) is 0 Å². The van der Waals surface area contributed by atoms with Gasteiger partial charge in [-0.3, -0.25) is 19.8 Å². The second-order valence-corrected chi connectivity index (χ2v) is 9.87. The lowest BCUT2D eigenvalue weighted by molar-refractivity contribution is -0.131. The molecular weight excluding hydrogens is 498 g/mol. The second-order valence-electron chi connectivity index (χ2n) is 9.87. The molecule has 206 valence electrons. The number of likely N-dealkylation sites (tertiary alicyclic amines) is 1. The number of carbonyl (C=O) groups is 3. The number of pyridine rings is 1. The van der Waals surface area contributed by atoms with Crippen molar-refractivity contribution in [2.45, 2.75) is 45.1 Å². The fraction of sp³-hybridized carbons (Fsp3) is 0.379. The van der Waals surface area contributed by atoms with E-state index in [1.165, 1.54) is 5.56 Å². The van der Waals surface area contributed by atoms with E-state index < -0.39 is 11.4 Å². The molecule has 4 N–H and O–H groups in total. The van der Waals surface area contributed by atoms with Crippen LogP contribution in [0, 0.1) is 6.92 Å². The van der Waals surface area contributed by atoms with Crippen LogP contribution in [0.15, 0.2) is 54.6 Å². The first-order valence-electron chi connectivity index (χ1n) is 13.2. The van der Waals surface area contributed by atoms with Gasteiger partial charge in [-0.15, -0.1) is 0 Å². The smallest absolute Gasteiger partial charge is 0.317 e. The lowest BCUT2D eigenvalue weighted by atomic mass is 9.85. The number of piperidine rings is 1. The second kappa shape index (κ2) is 12.6. The third kappa shape index (κ3) is 7.02. The van der Waals surface area contributed by atoms with Gasteiger partial charge in [0.2, 0.25) is 5.91 Å². The van der Waals surface area contributed by atoms with E-state index in [1.807, 2.05) is 32.0 Å². The van der Waals surface area contributed by atoms with Crippen molar-refractivity contribution in [1.29, 1.82) is 0 Å². The Balaban J connectivity index is 1.40. The van der Waals surface area contributed by atoms with Crippen molar-refractivity contribution in [2.75, 3.05) is 26.2 Å². The van der Waals surface area contributed by atoms with Crippen molar-refractivity contribution in [3.05, 3.63) is 71.4 Å². The molecule has 10 heteroatoms. The van der Waals surface area contributed by atoms with E-state index in [0.717, 1.165) is 16.6 Å². The van der Waals surface area contributed by atoms with Crippen molar-refractivity contribution in [3.63, 3.8) is 0 Å². The van der Waals surface area contributed by atoms with Gasteiger partial charge in [0.1, 0.15) is 5.75 Å². The van der Waals surface area contributed by atoms with Crippen LogP contribution < -0.4 is 20.9 Å². The third-order valence-corrected chi connectivity index (χ3v) is 6.88. The first kappa shape index (κ1) is 27.8. The number of hydrogen-bond donors (Lipinski definition) is 4. The van der Waals surface area contributed by atoms with Crippen molar-refractivity contribution in [3.8, 4) is 5.75 Å². The molecule has 0 aliphatic carbocycles. The number of urea groups is 1. The van der Waals surface area contributed by atoms with E-state index in [2.05, 4.69) is 27.8 Å². The third-order valence-electron chi connectivity index (χ3n) is 6.88. The van der Waals surface area contributed by atoms with E-state index in [4.69, 9.17) is 9.94 Å². The highest BCUT2D eigenvalue weighted by Crippen LogP contribution is 2.26. The molecule has 1 saturated heterocycles. The summed E-state index contributed by atoms with van der Waals surface area (Å²) in [6, 6.07) is 16.7. The highest BCUT2D eigenvalue weighted by molar-refractivity contribution is 5.95. The normalized spacial score (nSPS) is 16.9. The first-order chi connectivity index (χ1) is 18.8. The molecule has 1 fully saturated rings. The van der Waals surface area contributed by atoms with Crippen LogP contribution in [-0.2, 0) is 11.2 Å². The number of aryl methyl sites for hydroxylation is 1. The lowest BCUT2D eigenvalue weighted by Gasteiger charge is -2.42. The largest absolute Gasteiger partial charge is 0.493 e. The van der Waals surface area contributed by atoms with Crippen LogP contribution in [-0.4, -0.2) is 64.7 Å². The molecule has 1 atom stereocenters. The Labute approximate surface area is 227 Å². The Kier molecular flexibility index (Phi) is 8.98. The average molecular weight is 534 g/mol. The summed E-state index contributed by atoms with van der Waals surface area (Å²) >= 11 is 0. The van der Waals surface area contributed by atoms with Crippen LogP contribution in [0.25, 0.3) is 10.9 Å². The van der Waals surface area contributed by atoms with Gasteiger partial charge in [0, 0.05) is 42.7 Å². The average Bonchev–Trinajstić information content (AvgIpc) is 2.93. The zero-order valence-corrected chi connectivity index (χ0v) is 22.3. The van der Waals surface area contributed by atoms with Crippen molar-refractivity contribution in [1.82, 2.24) is 26.0 Å². The molecule has 39 heavy (non-hydrogen) atoms. The highest BCUT2D eigenvalue weighted by atomic mass is 16.5. The summed E-state index contributed by atoms with van der Waals surface area (Å²) < 4.78 is 5.95.